The van der Waals surface area contributed by atoms with Gasteiger partial charge in [0.1, 0.15) is 6.10 Å². The highest BCUT2D eigenvalue weighted by Crippen LogP contribution is 2.30. The van der Waals surface area contributed by atoms with Gasteiger partial charge in [0.2, 0.25) is 0 Å². The maximum Gasteiger partial charge on any atom is 0.338 e. The highest BCUT2D eigenvalue weighted by Gasteiger charge is 2.22. The van der Waals surface area contributed by atoms with Gasteiger partial charge in [0.05, 0.1) is 5.56 Å². The molecule has 2 aromatic rings. The molecule has 3 rings (SSSR count). The Kier molecular flexibility index (Phi) is 4.15. The van der Waals surface area contributed by atoms with E-state index in [1.165, 1.54) is 5.56 Å². The monoisotopic (exact) mass is 278 g/mol. The number of carbonyl (C=O) groups is 1. The van der Waals surface area contributed by atoms with Crippen molar-refractivity contribution < 1.29 is 9.53 Å². The molecule has 0 spiro atoms. The van der Waals surface area contributed by atoms with Crippen LogP contribution in [0.1, 0.15) is 34.7 Å². The van der Waals surface area contributed by atoms with Crippen molar-refractivity contribution in [1.82, 2.24) is 0 Å². The van der Waals surface area contributed by atoms with Gasteiger partial charge in [-0.25, -0.2) is 4.79 Å². The third-order valence-electron chi connectivity index (χ3n) is 3.83. The number of hydrogen-bond donors (Lipinski definition) is 0. The van der Waals surface area contributed by atoms with Gasteiger partial charge in [-0.15, -0.1) is 0 Å². The van der Waals surface area contributed by atoms with Crippen molar-refractivity contribution in [3.05, 3.63) is 83.9 Å². The molecule has 2 heteroatoms. The third kappa shape index (κ3) is 3.40. The van der Waals surface area contributed by atoms with E-state index in [1.807, 2.05) is 30.3 Å². The Hall–Kier alpha value is -2.35. The molecule has 21 heavy (non-hydrogen) atoms. The van der Waals surface area contributed by atoms with Crippen LogP contribution in [0.4, 0.5) is 0 Å². The van der Waals surface area contributed by atoms with Gasteiger partial charge in [-0.1, -0.05) is 54.6 Å². The van der Waals surface area contributed by atoms with Crippen LogP contribution in [0.5, 0.6) is 0 Å². The zero-order chi connectivity index (χ0) is 14.5. The van der Waals surface area contributed by atoms with Gasteiger partial charge in [-0.3, -0.25) is 0 Å². The molecule has 0 unspecified atom stereocenters. The van der Waals surface area contributed by atoms with Crippen LogP contribution in [0.15, 0.2) is 72.8 Å². The number of esters is 1. The number of rotatable bonds is 3. The van der Waals surface area contributed by atoms with E-state index in [1.54, 1.807) is 12.1 Å². The zero-order valence-electron chi connectivity index (χ0n) is 11.8. The van der Waals surface area contributed by atoms with Gasteiger partial charge in [0.25, 0.3) is 0 Å². The first-order valence-corrected chi connectivity index (χ1v) is 7.30. The average molecular weight is 278 g/mol. The molecular weight excluding hydrogens is 260 g/mol. The molecular formula is C19H18O2. The van der Waals surface area contributed by atoms with Crippen LogP contribution in [-0.4, -0.2) is 12.1 Å². The number of hydrogen-bond acceptors (Lipinski definition) is 2. The van der Waals surface area contributed by atoms with Crippen LogP contribution in [0, 0.1) is 0 Å². The Morgan fingerprint density at radius 2 is 1.62 bits per heavy atom. The summed E-state index contributed by atoms with van der Waals surface area (Å²) in [5, 5.41) is 0. The van der Waals surface area contributed by atoms with E-state index < -0.39 is 0 Å². The predicted octanol–water partition coefficient (Wildman–Crippen LogP) is 4.35. The Bertz CT molecular complexity index is 617. The number of carbonyl (C=O) groups excluding carboxylic acids is 1. The van der Waals surface area contributed by atoms with E-state index in [4.69, 9.17) is 4.74 Å². The van der Waals surface area contributed by atoms with Crippen LogP contribution in [0.2, 0.25) is 0 Å². The van der Waals surface area contributed by atoms with E-state index in [0.29, 0.717) is 11.5 Å². The van der Waals surface area contributed by atoms with Gasteiger partial charge in [0.15, 0.2) is 0 Å². The minimum atomic E-state index is -0.251. The lowest BCUT2D eigenvalue weighted by atomic mass is 9.86. The van der Waals surface area contributed by atoms with Crippen molar-refractivity contribution >= 4 is 5.97 Å². The first-order valence-electron chi connectivity index (χ1n) is 7.30. The van der Waals surface area contributed by atoms with Gasteiger partial charge < -0.3 is 4.74 Å². The van der Waals surface area contributed by atoms with Crippen LogP contribution in [0.25, 0.3) is 0 Å². The molecule has 1 aliphatic carbocycles. The molecule has 2 aromatic carbocycles. The Balaban J connectivity index is 1.66. The number of ether oxygens (including phenoxy) is 1. The normalized spacial score (nSPS) is 21.0. The topological polar surface area (TPSA) is 26.3 Å². The molecule has 0 amide bonds. The molecule has 0 aromatic heterocycles. The number of benzene rings is 2. The molecule has 0 N–H and O–H groups in total. The maximum atomic E-state index is 12.1. The third-order valence-corrected chi connectivity index (χ3v) is 3.83. The molecule has 1 aliphatic rings. The fourth-order valence-corrected chi connectivity index (χ4v) is 2.71. The summed E-state index contributed by atoms with van der Waals surface area (Å²) in [6, 6.07) is 19.6. The zero-order valence-corrected chi connectivity index (χ0v) is 11.8. The average Bonchev–Trinajstić information content (AvgIpc) is 2.57. The molecule has 0 bridgehead atoms. The molecule has 0 saturated heterocycles. The molecule has 0 saturated carbocycles. The van der Waals surface area contributed by atoms with Gasteiger partial charge in [0, 0.05) is 0 Å². The summed E-state index contributed by atoms with van der Waals surface area (Å²) in [5.74, 6) is 0.170. The predicted molar refractivity (Wildman–Crippen MR) is 83.2 cm³/mol. The van der Waals surface area contributed by atoms with E-state index in [9.17, 15) is 4.79 Å². The fourth-order valence-electron chi connectivity index (χ4n) is 2.71. The summed E-state index contributed by atoms with van der Waals surface area (Å²) in [4.78, 5) is 12.1. The lowest BCUT2D eigenvalue weighted by Gasteiger charge is -2.25. The quantitative estimate of drug-likeness (QED) is 0.616. The standard InChI is InChI=1S/C19H18O2/c20-19(16-10-5-2-6-11-16)21-18-13-7-12-17(14-18)15-8-3-1-4-9-15/h1-11,13,17-18H,12,14H2/t17-,18+/m0/s1. The van der Waals surface area contributed by atoms with E-state index in [0.717, 1.165) is 12.8 Å². The summed E-state index contributed by atoms with van der Waals surface area (Å²) in [7, 11) is 0. The summed E-state index contributed by atoms with van der Waals surface area (Å²) >= 11 is 0. The van der Waals surface area contributed by atoms with Gasteiger partial charge in [-0.05, 0) is 42.5 Å². The van der Waals surface area contributed by atoms with Crippen molar-refractivity contribution in [3.8, 4) is 0 Å². The minimum absolute atomic E-state index is 0.142. The highest BCUT2D eigenvalue weighted by atomic mass is 16.5. The van der Waals surface area contributed by atoms with Crippen LogP contribution in [0.3, 0.4) is 0 Å². The van der Waals surface area contributed by atoms with Crippen LogP contribution >= 0.6 is 0 Å². The Morgan fingerprint density at radius 1 is 0.952 bits per heavy atom. The molecule has 0 radical (unpaired) electrons. The first-order chi connectivity index (χ1) is 10.3. The van der Waals surface area contributed by atoms with Crippen molar-refractivity contribution in [2.45, 2.75) is 24.9 Å². The SMILES string of the molecule is O=C(O[C@@H]1C=CC[C@H](c2ccccc2)C1)c1ccccc1. The summed E-state index contributed by atoms with van der Waals surface area (Å²) < 4.78 is 5.60. The molecule has 0 heterocycles. The Labute approximate surface area is 125 Å². The molecule has 0 aliphatic heterocycles. The van der Waals surface area contributed by atoms with Gasteiger partial charge >= 0.3 is 5.97 Å². The Morgan fingerprint density at radius 3 is 2.33 bits per heavy atom. The summed E-state index contributed by atoms with van der Waals surface area (Å²) in [5.41, 5.74) is 1.91. The smallest absolute Gasteiger partial charge is 0.338 e. The molecule has 0 fully saturated rings. The lowest BCUT2D eigenvalue weighted by molar-refractivity contribution is 0.0359. The second kappa shape index (κ2) is 6.40. The first kappa shape index (κ1) is 13.6. The minimum Gasteiger partial charge on any atom is -0.455 e. The molecule has 2 atom stereocenters. The van der Waals surface area contributed by atoms with Crippen LogP contribution < -0.4 is 0 Å². The van der Waals surface area contributed by atoms with E-state index >= 15 is 0 Å². The van der Waals surface area contributed by atoms with E-state index in [2.05, 4.69) is 30.3 Å². The van der Waals surface area contributed by atoms with Gasteiger partial charge in [-0.2, -0.15) is 0 Å². The molecule has 106 valence electrons. The van der Waals surface area contributed by atoms with Crippen molar-refractivity contribution in [2.24, 2.45) is 0 Å². The second-order valence-electron chi connectivity index (χ2n) is 5.32. The lowest BCUT2D eigenvalue weighted by Crippen LogP contribution is -2.21. The molecule has 2 nitrogen and oxygen atoms in total. The van der Waals surface area contributed by atoms with Crippen molar-refractivity contribution in [1.29, 1.82) is 0 Å². The largest absolute Gasteiger partial charge is 0.455 e. The van der Waals surface area contributed by atoms with Crippen LogP contribution in [-0.2, 0) is 4.74 Å². The highest BCUT2D eigenvalue weighted by molar-refractivity contribution is 5.89. The maximum absolute atomic E-state index is 12.1. The van der Waals surface area contributed by atoms with Crippen molar-refractivity contribution in [2.75, 3.05) is 0 Å². The second-order valence-corrected chi connectivity index (χ2v) is 5.32. The fraction of sp³-hybridized carbons (Fsp3) is 0.211. The van der Waals surface area contributed by atoms with E-state index in [-0.39, 0.29) is 12.1 Å². The summed E-state index contributed by atoms with van der Waals surface area (Å²) in [6.07, 6.45) is 5.82. The summed E-state index contributed by atoms with van der Waals surface area (Å²) in [6.45, 7) is 0. The van der Waals surface area contributed by atoms with Crippen molar-refractivity contribution in [3.63, 3.8) is 0 Å². The number of allylic oxidation sites excluding steroid dienone is 1.